The van der Waals surface area contributed by atoms with Gasteiger partial charge in [-0.2, -0.15) is 31.4 Å². The van der Waals surface area contributed by atoms with E-state index in [0.717, 1.165) is 0 Å². The lowest BCUT2D eigenvalue weighted by molar-refractivity contribution is -0.143. The molecule has 186 valence electrons. The first-order chi connectivity index (χ1) is 16.2. The van der Waals surface area contributed by atoms with Crippen LogP contribution in [0, 0.1) is 0 Å². The van der Waals surface area contributed by atoms with Gasteiger partial charge in [0.15, 0.2) is 5.82 Å². The van der Waals surface area contributed by atoms with Crippen LogP contribution in [0.15, 0.2) is 43.0 Å². The molecule has 3 aromatic rings. The summed E-state index contributed by atoms with van der Waals surface area (Å²) in [6, 6.07) is -0.402. The van der Waals surface area contributed by atoms with Gasteiger partial charge in [0.25, 0.3) is 11.8 Å². The average molecular weight is 500 g/mol. The van der Waals surface area contributed by atoms with Crippen LogP contribution in [-0.2, 0) is 12.4 Å². The Morgan fingerprint density at radius 3 is 2.06 bits per heavy atom. The highest BCUT2D eigenvalue weighted by Crippen LogP contribution is 2.36. The van der Waals surface area contributed by atoms with E-state index in [1.54, 1.807) is 14.1 Å². The van der Waals surface area contributed by atoms with E-state index in [1.807, 2.05) is 0 Å². The lowest BCUT2D eigenvalue weighted by atomic mass is 10.0. The first-order valence-electron chi connectivity index (χ1n) is 9.86. The molecule has 1 atom stereocenters. The summed E-state index contributed by atoms with van der Waals surface area (Å²) < 4.78 is 79.9. The summed E-state index contributed by atoms with van der Waals surface area (Å²) in [5.41, 5.74) is -3.72. The molecular formula is C21H18F6N6O2. The molecule has 0 aliphatic heterocycles. The normalized spacial score (nSPS) is 12.8. The van der Waals surface area contributed by atoms with Gasteiger partial charge >= 0.3 is 12.4 Å². The molecule has 1 unspecified atom stereocenters. The fourth-order valence-electron chi connectivity index (χ4n) is 3.07. The van der Waals surface area contributed by atoms with Crippen molar-refractivity contribution in [1.29, 1.82) is 0 Å². The van der Waals surface area contributed by atoms with Crippen LogP contribution in [0.3, 0.4) is 0 Å². The topological polar surface area (TPSA) is 93.0 Å². The summed E-state index contributed by atoms with van der Waals surface area (Å²) in [7, 11) is 3.09. The van der Waals surface area contributed by atoms with Crippen LogP contribution in [-0.4, -0.2) is 50.6 Å². The number of aromatic nitrogens is 4. The van der Waals surface area contributed by atoms with Gasteiger partial charge < -0.3 is 10.2 Å². The quantitative estimate of drug-likeness (QED) is 0.537. The van der Waals surface area contributed by atoms with Crippen LogP contribution in [0.5, 0.6) is 0 Å². The number of hydrogen-bond donors (Lipinski definition) is 1. The molecule has 2 amide bonds. The number of alkyl halides is 6. The molecule has 0 fully saturated rings. The van der Waals surface area contributed by atoms with Crippen LogP contribution >= 0.6 is 0 Å². The molecule has 0 aliphatic rings. The van der Waals surface area contributed by atoms with Crippen molar-refractivity contribution in [1.82, 2.24) is 30.0 Å². The number of nitrogens with zero attached hydrogens (tertiary/aromatic N) is 5. The van der Waals surface area contributed by atoms with Crippen molar-refractivity contribution in [3.8, 4) is 5.82 Å². The zero-order valence-corrected chi connectivity index (χ0v) is 18.4. The molecule has 0 saturated carbocycles. The number of carbonyl (C=O) groups excluding carboxylic acids is 2. The van der Waals surface area contributed by atoms with Gasteiger partial charge in [0.05, 0.1) is 28.9 Å². The molecule has 3 rings (SSSR count). The van der Waals surface area contributed by atoms with Gasteiger partial charge in [0.1, 0.15) is 5.69 Å². The highest BCUT2D eigenvalue weighted by molar-refractivity contribution is 5.95. The third-order valence-electron chi connectivity index (χ3n) is 4.77. The predicted octanol–water partition coefficient (Wildman–Crippen LogP) is 3.89. The molecule has 0 aliphatic carbocycles. The Morgan fingerprint density at radius 1 is 0.943 bits per heavy atom. The Hall–Kier alpha value is -3.97. The Morgan fingerprint density at radius 2 is 1.51 bits per heavy atom. The van der Waals surface area contributed by atoms with E-state index < -0.39 is 41.0 Å². The highest BCUT2D eigenvalue weighted by Gasteiger charge is 2.37. The third kappa shape index (κ3) is 5.75. The Bertz CT molecular complexity index is 1220. The maximum Gasteiger partial charge on any atom is 0.416 e. The molecule has 0 spiro atoms. The van der Waals surface area contributed by atoms with Crippen molar-refractivity contribution >= 4 is 11.8 Å². The summed E-state index contributed by atoms with van der Waals surface area (Å²) in [5, 5.41) is 6.39. The number of benzene rings is 1. The van der Waals surface area contributed by atoms with E-state index in [9.17, 15) is 35.9 Å². The molecule has 0 saturated heterocycles. The molecule has 35 heavy (non-hydrogen) atoms. The first-order valence-corrected chi connectivity index (χ1v) is 9.86. The summed E-state index contributed by atoms with van der Waals surface area (Å²) >= 11 is 0. The van der Waals surface area contributed by atoms with E-state index in [2.05, 4.69) is 20.4 Å². The SMILES string of the molecule is CC(NC(=O)c1cc(C(F)(F)F)cc(C(F)(F)F)c1)c1nccnc1-n1cc(C(=O)N(C)C)cn1. The molecule has 0 radical (unpaired) electrons. The minimum Gasteiger partial charge on any atom is -0.345 e. The molecule has 1 aromatic carbocycles. The van der Waals surface area contributed by atoms with Crippen molar-refractivity contribution in [2.75, 3.05) is 14.1 Å². The van der Waals surface area contributed by atoms with Crippen molar-refractivity contribution < 1.29 is 35.9 Å². The minimum absolute atomic E-state index is 0.0642. The third-order valence-corrected chi connectivity index (χ3v) is 4.77. The van der Waals surface area contributed by atoms with Crippen molar-refractivity contribution in [3.63, 3.8) is 0 Å². The van der Waals surface area contributed by atoms with Crippen molar-refractivity contribution in [2.45, 2.75) is 25.3 Å². The zero-order valence-electron chi connectivity index (χ0n) is 18.4. The van der Waals surface area contributed by atoms with Crippen LogP contribution in [0.2, 0.25) is 0 Å². The molecule has 14 heteroatoms. The lowest BCUT2D eigenvalue weighted by Crippen LogP contribution is -2.29. The van der Waals surface area contributed by atoms with Crippen LogP contribution in [0.1, 0.15) is 50.5 Å². The second kappa shape index (κ2) is 9.35. The van der Waals surface area contributed by atoms with Crippen LogP contribution in [0.4, 0.5) is 26.3 Å². The van der Waals surface area contributed by atoms with Gasteiger partial charge in [-0.05, 0) is 25.1 Å². The lowest BCUT2D eigenvalue weighted by Gasteiger charge is -2.18. The van der Waals surface area contributed by atoms with E-state index in [4.69, 9.17) is 0 Å². The largest absolute Gasteiger partial charge is 0.416 e. The Kier molecular flexibility index (Phi) is 6.85. The van der Waals surface area contributed by atoms with E-state index in [-0.39, 0.29) is 29.0 Å². The molecule has 2 aromatic heterocycles. The standard InChI is InChI=1S/C21H18F6N6O2/c1-11(16-17(29-5-4-28-16)33-10-13(9-30-33)19(35)32(2)3)31-18(34)12-6-14(20(22,23)24)8-15(7-12)21(25,26)27/h4-11H,1-3H3,(H,31,34). The molecule has 8 nitrogen and oxygen atoms in total. The van der Waals surface area contributed by atoms with Gasteiger partial charge in [0.2, 0.25) is 0 Å². The van der Waals surface area contributed by atoms with Crippen LogP contribution < -0.4 is 5.32 Å². The number of nitrogens with one attached hydrogen (secondary N) is 1. The van der Waals surface area contributed by atoms with E-state index in [0.29, 0.717) is 12.1 Å². The molecule has 2 heterocycles. The number of hydrogen-bond acceptors (Lipinski definition) is 5. The van der Waals surface area contributed by atoms with Gasteiger partial charge in [-0.25, -0.2) is 9.67 Å². The average Bonchev–Trinajstić information content (AvgIpc) is 3.27. The number of rotatable bonds is 5. The maximum absolute atomic E-state index is 13.1. The molecular weight excluding hydrogens is 482 g/mol. The van der Waals surface area contributed by atoms with Crippen LogP contribution in [0.25, 0.3) is 5.82 Å². The number of amides is 2. The van der Waals surface area contributed by atoms with E-state index in [1.165, 1.54) is 41.3 Å². The maximum atomic E-state index is 13.1. The summed E-state index contributed by atoms with van der Waals surface area (Å²) in [6.07, 6.45) is -4.95. The Balaban J connectivity index is 1.93. The van der Waals surface area contributed by atoms with Gasteiger partial charge in [-0.3, -0.25) is 14.6 Å². The minimum atomic E-state index is -5.10. The fraction of sp³-hybridized carbons (Fsp3) is 0.286. The number of carbonyl (C=O) groups is 2. The van der Waals surface area contributed by atoms with Crippen molar-refractivity contribution in [3.05, 3.63) is 70.9 Å². The van der Waals surface area contributed by atoms with Gasteiger partial charge in [-0.15, -0.1) is 0 Å². The smallest absolute Gasteiger partial charge is 0.345 e. The number of halogens is 6. The van der Waals surface area contributed by atoms with Gasteiger partial charge in [0, 0.05) is 38.2 Å². The van der Waals surface area contributed by atoms with Crippen molar-refractivity contribution in [2.24, 2.45) is 0 Å². The summed E-state index contributed by atoms with van der Waals surface area (Å²) in [6.45, 7) is 1.42. The van der Waals surface area contributed by atoms with E-state index >= 15 is 0 Å². The Labute approximate surface area is 194 Å². The monoisotopic (exact) mass is 500 g/mol. The summed E-state index contributed by atoms with van der Waals surface area (Å²) in [4.78, 5) is 34.3. The zero-order chi connectivity index (χ0) is 26.1. The second-order valence-corrected chi connectivity index (χ2v) is 7.63. The second-order valence-electron chi connectivity index (χ2n) is 7.63. The fourth-order valence-corrected chi connectivity index (χ4v) is 3.07. The summed E-state index contributed by atoms with van der Waals surface area (Å²) in [5.74, 6) is -1.43. The highest BCUT2D eigenvalue weighted by atomic mass is 19.4. The molecule has 1 N–H and O–H groups in total. The van der Waals surface area contributed by atoms with Gasteiger partial charge in [-0.1, -0.05) is 0 Å². The molecule has 0 bridgehead atoms. The predicted molar refractivity (Wildman–Crippen MR) is 109 cm³/mol. The first kappa shape index (κ1) is 25.6.